The lowest BCUT2D eigenvalue weighted by atomic mass is 10.0. The maximum Gasteiger partial charge on any atom is 0.313 e. The van der Waals surface area contributed by atoms with Gasteiger partial charge in [-0.1, -0.05) is 48.5 Å². The van der Waals surface area contributed by atoms with E-state index in [-0.39, 0.29) is 18.8 Å². The topological polar surface area (TPSA) is 43.4 Å². The van der Waals surface area contributed by atoms with Crippen molar-refractivity contribution >= 4 is 11.8 Å². The molecular formula is C17H16O3. The van der Waals surface area contributed by atoms with Gasteiger partial charge >= 0.3 is 5.97 Å². The monoisotopic (exact) mass is 268 g/mol. The first kappa shape index (κ1) is 14.0. The maximum absolute atomic E-state index is 12.0. The van der Waals surface area contributed by atoms with Crippen molar-refractivity contribution in [3.8, 4) is 11.1 Å². The van der Waals surface area contributed by atoms with Crippen LogP contribution in [-0.2, 0) is 9.53 Å². The van der Waals surface area contributed by atoms with E-state index in [9.17, 15) is 9.59 Å². The van der Waals surface area contributed by atoms with Crippen LogP contribution >= 0.6 is 0 Å². The van der Waals surface area contributed by atoms with Crippen LogP contribution in [0.25, 0.3) is 11.1 Å². The van der Waals surface area contributed by atoms with E-state index in [4.69, 9.17) is 4.74 Å². The Morgan fingerprint density at radius 3 is 2.35 bits per heavy atom. The van der Waals surface area contributed by atoms with Crippen molar-refractivity contribution < 1.29 is 14.3 Å². The summed E-state index contributed by atoms with van der Waals surface area (Å²) in [5.74, 6) is -0.705. The highest BCUT2D eigenvalue weighted by atomic mass is 16.5. The van der Waals surface area contributed by atoms with Crippen molar-refractivity contribution in [3.05, 3.63) is 60.2 Å². The normalized spacial score (nSPS) is 10.1. The Morgan fingerprint density at radius 2 is 1.65 bits per heavy atom. The van der Waals surface area contributed by atoms with E-state index in [1.54, 1.807) is 19.1 Å². The van der Waals surface area contributed by atoms with Gasteiger partial charge in [-0.15, -0.1) is 0 Å². The fourth-order valence-electron chi connectivity index (χ4n) is 1.95. The molecule has 0 N–H and O–H groups in total. The van der Waals surface area contributed by atoms with Crippen LogP contribution in [-0.4, -0.2) is 18.4 Å². The molecular weight excluding hydrogens is 252 g/mol. The van der Waals surface area contributed by atoms with Gasteiger partial charge in [-0.2, -0.15) is 0 Å². The summed E-state index contributed by atoms with van der Waals surface area (Å²) in [6.07, 6.45) is -0.216. The number of carbonyl (C=O) groups excluding carboxylic acids is 2. The molecule has 102 valence electrons. The minimum Gasteiger partial charge on any atom is -0.466 e. The third kappa shape index (κ3) is 3.54. The molecule has 0 aliphatic rings. The van der Waals surface area contributed by atoms with Crippen molar-refractivity contribution in [1.82, 2.24) is 0 Å². The summed E-state index contributed by atoms with van der Waals surface area (Å²) >= 11 is 0. The predicted molar refractivity (Wildman–Crippen MR) is 77.5 cm³/mol. The Kier molecular flexibility index (Phi) is 4.66. The Hall–Kier alpha value is -2.42. The molecule has 2 rings (SSSR count). The van der Waals surface area contributed by atoms with E-state index in [1.807, 2.05) is 42.5 Å². The molecule has 0 unspecified atom stereocenters. The van der Waals surface area contributed by atoms with Gasteiger partial charge in [0.2, 0.25) is 0 Å². The van der Waals surface area contributed by atoms with Gasteiger partial charge in [-0.05, 0) is 24.1 Å². The van der Waals surface area contributed by atoms with Crippen LogP contribution in [0.15, 0.2) is 54.6 Å². The zero-order valence-corrected chi connectivity index (χ0v) is 11.3. The van der Waals surface area contributed by atoms with Gasteiger partial charge in [0.05, 0.1) is 6.61 Å². The van der Waals surface area contributed by atoms with Crippen LogP contribution in [0.5, 0.6) is 0 Å². The maximum atomic E-state index is 12.0. The molecule has 0 saturated heterocycles. The summed E-state index contributed by atoms with van der Waals surface area (Å²) in [5.41, 5.74) is 2.53. The van der Waals surface area contributed by atoms with E-state index in [1.165, 1.54) is 0 Å². The molecule has 0 aromatic heterocycles. The SMILES string of the molecule is CCOC(=O)CC(=O)c1cccc(-c2ccccc2)c1. The van der Waals surface area contributed by atoms with E-state index in [2.05, 4.69) is 0 Å². The third-order valence-corrected chi connectivity index (χ3v) is 2.90. The average Bonchev–Trinajstić information content (AvgIpc) is 2.48. The van der Waals surface area contributed by atoms with E-state index >= 15 is 0 Å². The van der Waals surface area contributed by atoms with Gasteiger partial charge in [0.15, 0.2) is 5.78 Å². The minimum atomic E-state index is -0.484. The second-order valence-corrected chi connectivity index (χ2v) is 4.35. The number of hydrogen-bond donors (Lipinski definition) is 0. The van der Waals surface area contributed by atoms with Crippen LogP contribution < -0.4 is 0 Å². The predicted octanol–water partition coefficient (Wildman–Crippen LogP) is 3.49. The van der Waals surface area contributed by atoms with Crippen LogP contribution in [0.3, 0.4) is 0 Å². The van der Waals surface area contributed by atoms with Crippen LogP contribution in [0, 0.1) is 0 Å². The summed E-state index contributed by atoms with van der Waals surface area (Å²) in [5, 5.41) is 0. The molecule has 20 heavy (non-hydrogen) atoms. The summed E-state index contributed by atoms with van der Waals surface area (Å²) in [6, 6.07) is 17.1. The minimum absolute atomic E-state index is 0.216. The molecule has 3 nitrogen and oxygen atoms in total. The molecule has 0 fully saturated rings. The fraction of sp³-hybridized carbons (Fsp3) is 0.176. The van der Waals surface area contributed by atoms with Crippen molar-refractivity contribution in [2.75, 3.05) is 6.61 Å². The van der Waals surface area contributed by atoms with Crippen molar-refractivity contribution in [2.45, 2.75) is 13.3 Å². The largest absolute Gasteiger partial charge is 0.466 e. The number of ketones is 1. The van der Waals surface area contributed by atoms with Crippen LogP contribution in [0.2, 0.25) is 0 Å². The van der Waals surface area contributed by atoms with Gasteiger partial charge in [0.25, 0.3) is 0 Å². The second kappa shape index (κ2) is 6.66. The molecule has 0 aliphatic heterocycles. The van der Waals surface area contributed by atoms with Crippen molar-refractivity contribution in [1.29, 1.82) is 0 Å². The molecule has 2 aromatic rings. The van der Waals surface area contributed by atoms with Crippen molar-refractivity contribution in [3.63, 3.8) is 0 Å². The molecule has 0 spiro atoms. The first-order chi connectivity index (χ1) is 9.70. The lowest BCUT2D eigenvalue weighted by Gasteiger charge is -2.05. The number of hydrogen-bond acceptors (Lipinski definition) is 3. The van der Waals surface area contributed by atoms with Gasteiger partial charge in [0.1, 0.15) is 6.42 Å². The highest BCUT2D eigenvalue weighted by molar-refractivity contribution is 6.06. The lowest BCUT2D eigenvalue weighted by molar-refractivity contribution is -0.141. The highest BCUT2D eigenvalue weighted by Gasteiger charge is 2.13. The smallest absolute Gasteiger partial charge is 0.313 e. The number of rotatable bonds is 5. The zero-order chi connectivity index (χ0) is 14.4. The molecule has 0 saturated carbocycles. The van der Waals surface area contributed by atoms with Gasteiger partial charge in [0, 0.05) is 5.56 Å². The lowest BCUT2D eigenvalue weighted by Crippen LogP contribution is -2.11. The van der Waals surface area contributed by atoms with E-state index < -0.39 is 5.97 Å². The molecule has 0 aliphatic carbocycles. The Bertz CT molecular complexity index is 603. The standard InChI is InChI=1S/C17H16O3/c1-2-20-17(19)12-16(18)15-10-6-9-14(11-15)13-7-4-3-5-8-13/h3-11H,2,12H2,1H3. The van der Waals surface area contributed by atoms with Crippen molar-refractivity contribution in [2.24, 2.45) is 0 Å². The second-order valence-electron chi connectivity index (χ2n) is 4.35. The van der Waals surface area contributed by atoms with Gasteiger partial charge in [-0.3, -0.25) is 9.59 Å². The van der Waals surface area contributed by atoms with Crippen LogP contribution in [0.1, 0.15) is 23.7 Å². The quantitative estimate of drug-likeness (QED) is 0.473. The summed E-state index contributed by atoms with van der Waals surface area (Å²) in [7, 11) is 0. The summed E-state index contributed by atoms with van der Waals surface area (Å²) in [6.45, 7) is 2.01. The molecule has 0 amide bonds. The van der Waals surface area contributed by atoms with Gasteiger partial charge in [-0.25, -0.2) is 0 Å². The number of carbonyl (C=O) groups is 2. The van der Waals surface area contributed by atoms with E-state index in [0.717, 1.165) is 11.1 Å². The number of benzene rings is 2. The highest BCUT2D eigenvalue weighted by Crippen LogP contribution is 2.20. The van der Waals surface area contributed by atoms with Gasteiger partial charge < -0.3 is 4.74 Å². The molecule has 2 aromatic carbocycles. The Labute approximate surface area is 118 Å². The zero-order valence-electron chi connectivity index (χ0n) is 11.3. The molecule has 0 radical (unpaired) electrons. The first-order valence-electron chi connectivity index (χ1n) is 6.55. The average molecular weight is 268 g/mol. The van der Waals surface area contributed by atoms with E-state index in [0.29, 0.717) is 5.56 Å². The third-order valence-electron chi connectivity index (χ3n) is 2.90. The number of Topliss-reactive ketones (excluding diaryl/α,β-unsaturated/α-hetero) is 1. The van der Waals surface area contributed by atoms with Crippen LogP contribution in [0.4, 0.5) is 0 Å². The molecule has 0 atom stereocenters. The summed E-state index contributed by atoms with van der Waals surface area (Å²) in [4.78, 5) is 23.4. The fourth-order valence-corrected chi connectivity index (χ4v) is 1.95. The Balaban J connectivity index is 2.18. The summed E-state index contributed by atoms with van der Waals surface area (Å²) < 4.78 is 4.79. The number of esters is 1. The molecule has 0 bridgehead atoms. The molecule has 3 heteroatoms. The Morgan fingerprint density at radius 1 is 0.950 bits per heavy atom. The first-order valence-corrected chi connectivity index (χ1v) is 6.55. The molecule has 0 heterocycles. The number of ether oxygens (including phenoxy) is 1.